The van der Waals surface area contributed by atoms with E-state index in [1.54, 1.807) is 6.92 Å². The maximum Gasteiger partial charge on any atom is 0.341 e. The molecule has 1 aromatic rings. The van der Waals surface area contributed by atoms with Gasteiger partial charge in [-0.15, -0.1) is 0 Å². The third kappa shape index (κ3) is 5.29. The summed E-state index contributed by atoms with van der Waals surface area (Å²) in [6, 6.07) is 1.47. The van der Waals surface area contributed by atoms with Crippen LogP contribution in [0.3, 0.4) is 0 Å². The fourth-order valence-electron chi connectivity index (χ4n) is 1.88. The van der Waals surface area contributed by atoms with Gasteiger partial charge in [-0.25, -0.2) is 18.4 Å². The predicted molar refractivity (Wildman–Crippen MR) is 80.0 cm³/mol. The highest BCUT2D eigenvalue weighted by Crippen LogP contribution is 2.11. The minimum Gasteiger partial charge on any atom is -0.467 e. The van der Waals surface area contributed by atoms with E-state index in [0.29, 0.717) is 12.5 Å². The summed E-state index contributed by atoms with van der Waals surface area (Å²) in [5.74, 6) is -4.58. The molecule has 1 rings (SSSR count). The molecule has 6 nitrogen and oxygen atoms in total. The Morgan fingerprint density at radius 2 is 1.92 bits per heavy atom. The van der Waals surface area contributed by atoms with Gasteiger partial charge in [0, 0.05) is 6.07 Å². The van der Waals surface area contributed by atoms with Gasteiger partial charge in [0.25, 0.3) is 5.91 Å². The summed E-state index contributed by atoms with van der Waals surface area (Å²) in [5, 5.41) is 2.40. The van der Waals surface area contributed by atoms with Gasteiger partial charge in [0.1, 0.15) is 17.7 Å². The molecule has 0 fully saturated rings. The van der Waals surface area contributed by atoms with Crippen LogP contribution in [0.25, 0.3) is 0 Å². The van der Waals surface area contributed by atoms with Crippen LogP contribution in [0, 0.1) is 17.6 Å². The molecule has 0 aromatic heterocycles. The Kier molecular flexibility index (Phi) is 7.29. The molecule has 0 heterocycles. The molecule has 2 atom stereocenters. The van der Waals surface area contributed by atoms with Crippen molar-refractivity contribution in [3.05, 3.63) is 35.4 Å². The minimum atomic E-state index is -1.11. The van der Waals surface area contributed by atoms with Crippen LogP contribution in [-0.4, -0.2) is 37.6 Å². The van der Waals surface area contributed by atoms with Crippen molar-refractivity contribution >= 4 is 17.8 Å². The average molecular weight is 343 g/mol. The van der Waals surface area contributed by atoms with Crippen LogP contribution >= 0.6 is 0 Å². The monoisotopic (exact) mass is 343 g/mol. The Hall–Kier alpha value is -2.51. The lowest BCUT2D eigenvalue weighted by Crippen LogP contribution is -2.47. The molecule has 1 amide bonds. The second kappa shape index (κ2) is 8.95. The third-order valence-electron chi connectivity index (χ3n) is 3.47. The molecular formula is C16H19F2NO5. The quantitative estimate of drug-likeness (QED) is 0.764. The second-order valence-electron chi connectivity index (χ2n) is 5.15. The van der Waals surface area contributed by atoms with Crippen molar-refractivity contribution in [3.8, 4) is 0 Å². The fourth-order valence-corrected chi connectivity index (χ4v) is 1.88. The Balaban J connectivity index is 2.64. The van der Waals surface area contributed by atoms with Crippen molar-refractivity contribution in [2.45, 2.75) is 26.3 Å². The number of carbonyl (C=O) groups excluding carboxylic acids is 3. The van der Waals surface area contributed by atoms with E-state index in [2.05, 4.69) is 14.8 Å². The van der Waals surface area contributed by atoms with Crippen molar-refractivity contribution in [1.29, 1.82) is 0 Å². The molecule has 0 spiro atoms. The van der Waals surface area contributed by atoms with Crippen molar-refractivity contribution in [2.24, 2.45) is 5.92 Å². The van der Waals surface area contributed by atoms with Gasteiger partial charge in [0.05, 0.1) is 12.7 Å². The second-order valence-corrected chi connectivity index (χ2v) is 5.15. The van der Waals surface area contributed by atoms with Crippen LogP contribution in [-0.2, 0) is 19.1 Å². The van der Waals surface area contributed by atoms with Crippen LogP contribution in [0.15, 0.2) is 18.2 Å². The molecule has 132 valence electrons. The summed E-state index contributed by atoms with van der Waals surface area (Å²) in [4.78, 5) is 35.2. The van der Waals surface area contributed by atoms with Crippen LogP contribution in [0.2, 0.25) is 0 Å². The molecular weight excluding hydrogens is 324 g/mol. The van der Waals surface area contributed by atoms with Gasteiger partial charge in [-0.2, -0.15) is 0 Å². The van der Waals surface area contributed by atoms with Crippen molar-refractivity contribution in [1.82, 2.24) is 5.32 Å². The molecule has 1 aromatic carbocycles. The van der Waals surface area contributed by atoms with Crippen LogP contribution < -0.4 is 5.32 Å². The van der Waals surface area contributed by atoms with Gasteiger partial charge in [0.2, 0.25) is 0 Å². The molecule has 24 heavy (non-hydrogen) atoms. The molecule has 0 aliphatic carbocycles. The summed E-state index contributed by atoms with van der Waals surface area (Å²) in [7, 11) is 1.20. The molecule has 1 N–H and O–H groups in total. The van der Waals surface area contributed by atoms with E-state index in [1.807, 2.05) is 6.92 Å². The van der Waals surface area contributed by atoms with Crippen LogP contribution in [0.5, 0.6) is 0 Å². The molecule has 0 unspecified atom stereocenters. The number of methoxy groups -OCH3 is 1. The molecule has 0 saturated heterocycles. The summed E-state index contributed by atoms with van der Waals surface area (Å²) in [5.41, 5.74) is -0.490. The van der Waals surface area contributed by atoms with E-state index in [1.165, 1.54) is 7.11 Å². The lowest BCUT2D eigenvalue weighted by atomic mass is 9.99. The fraction of sp³-hybridized carbons (Fsp3) is 0.438. The van der Waals surface area contributed by atoms with E-state index in [0.717, 1.165) is 12.1 Å². The number of ether oxygens (including phenoxy) is 2. The highest BCUT2D eigenvalue weighted by atomic mass is 19.1. The van der Waals surface area contributed by atoms with E-state index in [-0.39, 0.29) is 5.92 Å². The molecule has 8 heteroatoms. The van der Waals surface area contributed by atoms with E-state index in [9.17, 15) is 23.2 Å². The third-order valence-corrected chi connectivity index (χ3v) is 3.47. The average Bonchev–Trinajstić information content (AvgIpc) is 2.56. The summed E-state index contributed by atoms with van der Waals surface area (Å²) < 4.78 is 35.5. The zero-order valence-corrected chi connectivity index (χ0v) is 13.6. The van der Waals surface area contributed by atoms with Gasteiger partial charge in [-0.1, -0.05) is 20.3 Å². The summed E-state index contributed by atoms with van der Waals surface area (Å²) in [6.45, 7) is 2.88. The number of hydrogen-bond donors (Lipinski definition) is 1. The number of nitrogens with one attached hydrogen (secondary N) is 1. The zero-order chi connectivity index (χ0) is 18.3. The SMILES string of the molecule is CC[C@H](C)[C@H](NC(=O)COC(=O)c1ccc(F)cc1F)C(=O)OC. The van der Waals surface area contributed by atoms with Crippen LogP contribution in [0.1, 0.15) is 30.6 Å². The van der Waals surface area contributed by atoms with Crippen molar-refractivity contribution < 1.29 is 32.6 Å². The first-order chi connectivity index (χ1) is 11.3. The van der Waals surface area contributed by atoms with Crippen molar-refractivity contribution in [3.63, 3.8) is 0 Å². The number of hydrogen-bond acceptors (Lipinski definition) is 5. The number of amides is 1. The van der Waals surface area contributed by atoms with Gasteiger partial charge in [0.15, 0.2) is 6.61 Å². The molecule has 0 radical (unpaired) electrons. The Morgan fingerprint density at radius 3 is 2.46 bits per heavy atom. The maximum absolute atomic E-state index is 13.4. The Labute approximate surface area is 138 Å². The molecule has 0 aliphatic heterocycles. The van der Waals surface area contributed by atoms with Crippen LogP contribution in [0.4, 0.5) is 8.78 Å². The van der Waals surface area contributed by atoms with Gasteiger partial charge < -0.3 is 14.8 Å². The number of esters is 2. The predicted octanol–water partition coefficient (Wildman–Crippen LogP) is 1.83. The zero-order valence-electron chi connectivity index (χ0n) is 13.6. The summed E-state index contributed by atoms with van der Waals surface area (Å²) >= 11 is 0. The van der Waals surface area contributed by atoms with E-state index >= 15 is 0 Å². The number of carbonyl (C=O) groups is 3. The number of benzene rings is 1. The molecule has 0 aliphatic rings. The lowest BCUT2D eigenvalue weighted by Gasteiger charge is -2.21. The summed E-state index contributed by atoms with van der Waals surface area (Å²) in [6.07, 6.45) is 0.612. The normalized spacial score (nSPS) is 12.9. The van der Waals surface area contributed by atoms with E-state index < -0.39 is 47.7 Å². The van der Waals surface area contributed by atoms with Gasteiger partial charge in [-0.05, 0) is 18.1 Å². The lowest BCUT2D eigenvalue weighted by molar-refractivity contribution is -0.147. The topological polar surface area (TPSA) is 81.7 Å². The Morgan fingerprint density at radius 1 is 1.25 bits per heavy atom. The maximum atomic E-state index is 13.4. The van der Waals surface area contributed by atoms with Gasteiger partial charge >= 0.3 is 11.9 Å². The molecule has 0 bridgehead atoms. The largest absolute Gasteiger partial charge is 0.467 e. The first-order valence-electron chi connectivity index (χ1n) is 7.29. The van der Waals surface area contributed by atoms with Gasteiger partial charge in [-0.3, -0.25) is 4.79 Å². The first-order valence-corrected chi connectivity index (χ1v) is 7.29. The van der Waals surface area contributed by atoms with Crippen molar-refractivity contribution in [2.75, 3.05) is 13.7 Å². The van der Waals surface area contributed by atoms with E-state index in [4.69, 9.17) is 0 Å². The number of rotatable bonds is 7. The highest BCUT2D eigenvalue weighted by molar-refractivity contribution is 5.92. The minimum absolute atomic E-state index is 0.188. The first kappa shape index (κ1) is 19.5. The number of halogens is 2. The highest BCUT2D eigenvalue weighted by Gasteiger charge is 2.27. The smallest absolute Gasteiger partial charge is 0.341 e. The molecule has 0 saturated carbocycles. The Bertz CT molecular complexity index is 620. The standard InChI is InChI=1S/C16H19F2NO5/c1-4-9(2)14(16(22)23-3)19-13(20)8-24-15(21)11-6-5-10(17)7-12(11)18/h5-7,9,14H,4,8H2,1-3H3,(H,19,20)/t9-,14-/m0/s1.